The van der Waals surface area contributed by atoms with E-state index in [9.17, 15) is 14.4 Å². The molecule has 1 aliphatic heterocycles. The lowest BCUT2D eigenvalue weighted by Gasteiger charge is -2.27. The summed E-state index contributed by atoms with van der Waals surface area (Å²) >= 11 is 0. The monoisotopic (exact) mass is 271 g/mol. The van der Waals surface area contributed by atoms with E-state index in [0.717, 1.165) is 6.54 Å². The molecule has 0 aromatic rings. The molecule has 1 saturated heterocycles. The number of aliphatic carboxylic acids is 1. The molecule has 0 bridgehead atoms. The van der Waals surface area contributed by atoms with Crippen molar-refractivity contribution < 1.29 is 19.5 Å². The van der Waals surface area contributed by atoms with Crippen molar-refractivity contribution in [1.82, 2.24) is 10.6 Å². The number of carbonyl (C=O) groups is 3. The van der Waals surface area contributed by atoms with E-state index in [1.54, 1.807) is 0 Å². The molecule has 2 amide bonds. The minimum atomic E-state index is -1.15. The SMILES string of the molecule is CCC1(C(=O)N[C@@H](CCC(N)=O)C(=O)O)CCNC1. The molecule has 1 heterocycles. The fraction of sp³-hybridized carbons (Fsp3) is 0.750. The molecule has 1 rings (SSSR count). The molecule has 0 radical (unpaired) electrons. The number of carboxylic acids is 1. The summed E-state index contributed by atoms with van der Waals surface area (Å²) in [7, 11) is 0. The molecule has 0 aromatic heterocycles. The van der Waals surface area contributed by atoms with Crippen LogP contribution in [0.5, 0.6) is 0 Å². The lowest BCUT2D eigenvalue weighted by Crippen LogP contribution is -2.49. The van der Waals surface area contributed by atoms with Gasteiger partial charge in [-0.2, -0.15) is 0 Å². The van der Waals surface area contributed by atoms with E-state index in [1.807, 2.05) is 6.92 Å². The van der Waals surface area contributed by atoms with Crippen LogP contribution in [0.1, 0.15) is 32.6 Å². The maximum Gasteiger partial charge on any atom is 0.326 e. The standard InChI is InChI=1S/C12H21N3O4/c1-2-12(5-6-14-7-12)11(19)15-8(10(17)18)3-4-9(13)16/h8,14H,2-7H2,1H3,(H2,13,16)(H,15,19)(H,17,18)/t8-,12?/m0/s1. The summed E-state index contributed by atoms with van der Waals surface area (Å²) in [5.41, 5.74) is 4.45. The zero-order valence-corrected chi connectivity index (χ0v) is 11.1. The predicted molar refractivity (Wildman–Crippen MR) is 68.2 cm³/mol. The molecule has 1 fully saturated rings. The average Bonchev–Trinajstić information content (AvgIpc) is 2.83. The smallest absolute Gasteiger partial charge is 0.326 e. The van der Waals surface area contributed by atoms with E-state index in [2.05, 4.69) is 10.6 Å². The minimum absolute atomic E-state index is 0.0175. The minimum Gasteiger partial charge on any atom is -0.480 e. The van der Waals surface area contributed by atoms with Crippen LogP contribution in [0.2, 0.25) is 0 Å². The first-order valence-electron chi connectivity index (χ1n) is 6.44. The molecule has 0 spiro atoms. The van der Waals surface area contributed by atoms with Crippen LogP contribution in [-0.4, -0.2) is 42.0 Å². The third-order valence-corrected chi connectivity index (χ3v) is 3.68. The maximum absolute atomic E-state index is 12.2. The van der Waals surface area contributed by atoms with Crippen LogP contribution in [0.4, 0.5) is 0 Å². The third-order valence-electron chi connectivity index (χ3n) is 3.68. The van der Waals surface area contributed by atoms with E-state index in [-0.39, 0.29) is 18.7 Å². The molecular formula is C12H21N3O4. The second-order valence-electron chi connectivity index (χ2n) is 4.93. The van der Waals surface area contributed by atoms with Crippen LogP contribution in [0.3, 0.4) is 0 Å². The molecule has 0 aromatic carbocycles. The van der Waals surface area contributed by atoms with E-state index in [1.165, 1.54) is 0 Å². The highest BCUT2D eigenvalue weighted by atomic mass is 16.4. The van der Waals surface area contributed by atoms with Gasteiger partial charge in [0.05, 0.1) is 5.41 Å². The number of carbonyl (C=O) groups excluding carboxylic acids is 2. The molecule has 7 heteroatoms. The fourth-order valence-electron chi connectivity index (χ4n) is 2.26. The summed E-state index contributed by atoms with van der Waals surface area (Å²) in [4.78, 5) is 34.0. The maximum atomic E-state index is 12.2. The third kappa shape index (κ3) is 3.92. The predicted octanol–water partition coefficient (Wildman–Crippen LogP) is -0.789. The highest BCUT2D eigenvalue weighted by molar-refractivity contribution is 5.88. The molecule has 0 aliphatic carbocycles. The summed E-state index contributed by atoms with van der Waals surface area (Å²) in [5.74, 6) is -1.99. The molecule has 0 saturated carbocycles. The van der Waals surface area contributed by atoms with Crippen molar-refractivity contribution in [2.75, 3.05) is 13.1 Å². The normalized spacial score (nSPS) is 23.8. The van der Waals surface area contributed by atoms with Crippen LogP contribution in [0.25, 0.3) is 0 Å². The number of nitrogens with two attached hydrogens (primary N) is 1. The number of primary amides is 1. The largest absolute Gasteiger partial charge is 0.480 e. The Morgan fingerprint density at radius 3 is 2.58 bits per heavy atom. The Labute approximate surface area is 111 Å². The van der Waals surface area contributed by atoms with Gasteiger partial charge in [-0.25, -0.2) is 4.79 Å². The zero-order chi connectivity index (χ0) is 14.5. The summed E-state index contributed by atoms with van der Waals surface area (Å²) in [6.45, 7) is 3.21. The molecular weight excluding hydrogens is 250 g/mol. The van der Waals surface area contributed by atoms with E-state index in [0.29, 0.717) is 19.4 Å². The van der Waals surface area contributed by atoms with Crippen LogP contribution >= 0.6 is 0 Å². The van der Waals surface area contributed by atoms with Crippen LogP contribution in [0.15, 0.2) is 0 Å². The lowest BCUT2D eigenvalue weighted by molar-refractivity contribution is -0.144. The Hall–Kier alpha value is -1.63. The Kier molecular flexibility index (Phi) is 5.29. The number of nitrogens with one attached hydrogen (secondary N) is 2. The lowest BCUT2D eigenvalue weighted by atomic mass is 9.83. The Morgan fingerprint density at radius 2 is 2.16 bits per heavy atom. The van der Waals surface area contributed by atoms with Gasteiger partial charge in [0, 0.05) is 13.0 Å². The Morgan fingerprint density at radius 1 is 1.47 bits per heavy atom. The van der Waals surface area contributed by atoms with Crippen LogP contribution in [-0.2, 0) is 14.4 Å². The van der Waals surface area contributed by atoms with E-state index < -0.39 is 23.3 Å². The summed E-state index contributed by atoms with van der Waals surface area (Å²) < 4.78 is 0. The molecule has 1 unspecified atom stereocenters. The highest BCUT2D eigenvalue weighted by Gasteiger charge is 2.40. The van der Waals surface area contributed by atoms with Gasteiger partial charge in [-0.15, -0.1) is 0 Å². The van der Waals surface area contributed by atoms with Gasteiger partial charge in [0.1, 0.15) is 6.04 Å². The second-order valence-corrected chi connectivity index (χ2v) is 4.93. The van der Waals surface area contributed by atoms with Crippen molar-refractivity contribution in [2.45, 2.75) is 38.6 Å². The highest BCUT2D eigenvalue weighted by Crippen LogP contribution is 2.29. The first-order valence-corrected chi connectivity index (χ1v) is 6.44. The quantitative estimate of drug-likeness (QED) is 0.483. The Bertz CT molecular complexity index is 364. The van der Waals surface area contributed by atoms with E-state index in [4.69, 9.17) is 10.8 Å². The van der Waals surface area contributed by atoms with Crippen LogP contribution in [0, 0.1) is 5.41 Å². The first-order chi connectivity index (χ1) is 8.91. The molecule has 2 atom stereocenters. The van der Waals surface area contributed by atoms with Gasteiger partial charge >= 0.3 is 5.97 Å². The number of rotatable bonds is 7. The van der Waals surface area contributed by atoms with Crippen molar-refractivity contribution >= 4 is 17.8 Å². The van der Waals surface area contributed by atoms with Crippen LogP contribution < -0.4 is 16.4 Å². The van der Waals surface area contributed by atoms with Gasteiger partial charge in [-0.1, -0.05) is 6.92 Å². The Balaban J connectivity index is 2.65. The van der Waals surface area contributed by atoms with Crippen molar-refractivity contribution in [3.8, 4) is 0 Å². The fourth-order valence-corrected chi connectivity index (χ4v) is 2.26. The van der Waals surface area contributed by atoms with Crippen molar-refractivity contribution in [3.05, 3.63) is 0 Å². The molecule has 19 heavy (non-hydrogen) atoms. The number of carboxylic acid groups (broad SMARTS) is 1. The van der Waals surface area contributed by atoms with Gasteiger partial charge in [0.15, 0.2) is 0 Å². The van der Waals surface area contributed by atoms with Gasteiger partial charge in [-0.05, 0) is 25.8 Å². The van der Waals surface area contributed by atoms with Gasteiger partial charge in [0.2, 0.25) is 11.8 Å². The topological polar surface area (TPSA) is 122 Å². The van der Waals surface area contributed by atoms with E-state index >= 15 is 0 Å². The summed E-state index contributed by atoms with van der Waals surface area (Å²) in [5, 5.41) is 14.7. The zero-order valence-electron chi connectivity index (χ0n) is 11.1. The van der Waals surface area contributed by atoms with Crippen molar-refractivity contribution in [3.63, 3.8) is 0 Å². The van der Waals surface area contributed by atoms with Gasteiger partial charge in [0.25, 0.3) is 0 Å². The molecule has 108 valence electrons. The van der Waals surface area contributed by atoms with Crippen molar-refractivity contribution in [1.29, 1.82) is 0 Å². The molecule has 5 N–H and O–H groups in total. The number of hydrogen-bond donors (Lipinski definition) is 4. The molecule has 7 nitrogen and oxygen atoms in total. The average molecular weight is 271 g/mol. The number of amides is 2. The summed E-state index contributed by atoms with van der Waals surface area (Å²) in [6.07, 6.45) is 1.30. The second kappa shape index (κ2) is 6.51. The number of hydrogen-bond acceptors (Lipinski definition) is 4. The molecule has 1 aliphatic rings. The van der Waals surface area contributed by atoms with Gasteiger partial charge in [-0.3, -0.25) is 9.59 Å². The van der Waals surface area contributed by atoms with Crippen molar-refractivity contribution in [2.24, 2.45) is 11.1 Å². The first kappa shape index (κ1) is 15.4. The van der Waals surface area contributed by atoms with Gasteiger partial charge < -0.3 is 21.5 Å². The summed E-state index contributed by atoms with van der Waals surface area (Å²) in [6, 6.07) is -1.07.